The Hall–Kier alpha value is 0.734. The first kappa shape index (κ1) is 56.9. The van der Waals surface area contributed by atoms with E-state index >= 15 is 0 Å². The number of hydrogen-bond donors (Lipinski definition) is 0. The quantitative estimate of drug-likeness (QED) is 0.304. The van der Waals surface area contributed by atoms with Crippen LogP contribution in [0.2, 0.25) is 0 Å². The van der Waals surface area contributed by atoms with Crippen molar-refractivity contribution in [3.05, 3.63) is 66.8 Å². The van der Waals surface area contributed by atoms with E-state index in [-0.39, 0.29) is 94.7 Å². The number of hydrogen-bond acceptors (Lipinski definition) is 0. The van der Waals surface area contributed by atoms with Crippen LogP contribution in [0, 0.1) is 43.2 Å². The van der Waals surface area contributed by atoms with Gasteiger partial charge in [0.25, 0.3) is 0 Å². The molecule has 0 aliphatic heterocycles. The van der Waals surface area contributed by atoms with Crippen LogP contribution >= 0.6 is 24.8 Å². The summed E-state index contributed by atoms with van der Waals surface area (Å²) in [4.78, 5) is 0. The van der Waals surface area contributed by atoms with E-state index in [2.05, 4.69) is 59.0 Å². The molecule has 1 rings (SSSR count). The molecule has 0 radical (unpaired) electrons. The van der Waals surface area contributed by atoms with Crippen LogP contribution < -0.4 is 0 Å². The number of halogens is 2. The summed E-state index contributed by atoms with van der Waals surface area (Å²) in [6.45, 7) is 12.7. The maximum Gasteiger partial charge on any atom is 0 e. The fraction of sp³-hybridized carbons (Fsp3) is 0.500. The van der Waals surface area contributed by atoms with Gasteiger partial charge in [0.15, 0.2) is 0 Å². The largest absolute Gasteiger partial charge is 0.653 e. The minimum Gasteiger partial charge on any atom is -0.653 e. The van der Waals surface area contributed by atoms with Crippen molar-refractivity contribution in [3.8, 4) is 0 Å². The zero-order valence-corrected chi connectivity index (χ0v) is 19.9. The Labute approximate surface area is 171 Å². The van der Waals surface area contributed by atoms with Crippen molar-refractivity contribution < 1.29 is 21.7 Å². The van der Waals surface area contributed by atoms with Gasteiger partial charge in [0, 0.05) is 21.7 Å². The van der Waals surface area contributed by atoms with Gasteiger partial charge in [-0.15, -0.1) is 42.3 Å². The maximum absolute atomic E-state index is 4.54. The van der Waals surface area contributed by atoms with Crippen molar-refractivity contribution in [1.82, 2.24) is 0 Å². The molecule has 1 aliphatic carbocycles. The van der Waals surface area contributed by atoms with E-state index in [0.717, 1.165) is 6.42 Å². The molecule has 0 aromatic heterocycles. The molecule has 0 aromatic carbocycles. The summed E-state index contributed by atoms with van der Waals surface area (Å²) in [5, 5.41) is 4.54. The van der Waals surface area contributed by atoms with E-state index in [0.29, 0.717) is 0 Å². The molecule has 22 heavy (non-hydrogen) atoms. The Kier molecular flexibility index (Phi) is 68.9. The first-order chi connectivity index (χ1) is 6.21. The molecule has 4 heteroatoms. The molecule has 0 unspecified atom stereocenters. The Morgan fingerprint density at radius 3 is 1.14 bits per heavy atom. The average Bonchev–Trinajstić information content (AvgIpc) is 2.29. The molecule has 0 spiro atoms. The van der Waals surface area contributed by atoms with Gasteiger partial charge >= 0.3 is 0 Å². The van der Waals surface area contributed by atoms with Gasteiger partial charge in [0.05, 0.1) is 0 Å². The maximum atomic E-state index is 4.54. The van der Waals surface area contributed by atoms with Gasteiger partial charge in [-0.25, -0.2) is 12.2 Å². The molecule has 0 bridgehead atoms. The zero-order chi connectivity index (χ0) is 11.2. The minimum absolute atomic E-state index is 0. The second-order valence-corrected chi connectivity index (χ2v) is 5.46. The summed E-state index contributed by atoms with van der Waals surface area (Å²) < 4.78 is 0. The van der Waals surface area contributed by atoms with E-state index in [4.69, 9.17) is 0 Å². The summed E-state index contributed by atoms with van der Waals surface area (Å²) >= 11 is 0. The van der Waals surface area contributed by atoms with Crippen LogP contribution in [0.5, 0.6) is 0 Å². The molecule has 0 saturated carbocycles. The van der Waals surface area contributed by atoms with E-state index in [9.17, 15) is 0 Å². The molecule has 0 fully saturated rings. The third-order valence-corrected chi connectivity index (χ3v) is 1.26. The van der Waals surface area contributed by atoms with Crippen LogP contribution in [0.25, 0.3) is 5.32 Å². The normalized spacial score (nSPS) is 9.73. The Morgan fingerprint density at radius 2 is 1.09 bits per heavy atom. The summed E-state index contributed by atoms with van der Waals surface area (Å²) in [6, 6.07) is 0. The number of nitrogens with zero attached hydrogens (tertiary/aromatic N) is 1. The van der Waals surface area contributed by atoms with Crippen LogP contribution in [0.1, 0.15) is 48.0 Å². The fourth-order valence-electron chi connectivity index (χ4n) is 1.35. The first-order valence-corrected chi connectivity index (χ1v) is 5.16. The predicted octanol–water partition coefficient (Wildman–Crippen LogP) is 7.36. The molecule has 142 valence electrons. The monoisotopic (exact) mass is 388 g/mol. The van der Waals surface area contributed by atoms with Gasteiger partial charge in [0.1, 0.15) is 0 Å². The second-order valence-electron chi connectivity index (χ2n) is 5.46. The van der Waals surface area contributed by atoms with Crippen molar-refractivity contribution in [3.63, 3.8) is 0 Å². The Bertz CT molecular complexity index is 192. The van der Waals surface area contributed by atoms with Crippen LogP contribution in [0.4, 0.5) is 0 Å². The molecule has 1 aliphatic rings. The molecule has 0 aromatic rings. The summed E-state index contributed by atoms with van der Waals surface area (Å²) in [6.07, 6.45) is 10.0. The molecule has 0 amide bonds. The van der Waals surface area contributed by atoms with E-state index in [1.165, 1.54) is 0 Å². The van der Waals surface area contributed by atoms with Crippen LogP contribution in [-0.2, 0) is 21.7 Å². The summed E-state index contributed by atoms with van der Waals surface area (Å²) in [5.74, 6) is 0. The Balaban J connectivity index is -0.0000000169. The molecule has 0 heterocycles. The average molecular weight is 389 g/mol. The summed E-state index contributed by atoms with van der Waals surface area (Å²) in [5.41, 5.74) is 0.219. The van der Waals surface area contributed by atoms with Crippen molar-refractivity contribution in [2.45, 2.75) is 59.0 Å². The smallest absolute Gasteiger partial charge is 0 e. The number of allylic oxidation sites excluding steroid dienone is 4. The van der Waals surface area contributed by atoms with Gasteiger partial charge in [-0.05, 0) is 0 Å². The van der Waals surface area contributed by atoms with Crippen molar-refractivity contribution in [1.29, 1.82) is 0 Å². The molecule has 0 atom stereocenters. The van der Waals surface area contributed by atoms with Crippen molar-refractivity contribution in [2.75, 3.05) is 0 Å². The standard InChI is InChI=1S/C8H18N.C5H5.5CH3.2ClH.Ti/c1-7(2,3)9-8(4,5)6;1-2-4-5-3-1;;;;;;;;/h1-6H3;1-3H,4H2;5*1H3;2*1H;/q7*-1;;;. The first-order valence-electron chi connectivity index (χ1n) is 5.16. The van der Waals surface area contributed by atoms with Crippen LogP contribution in [0.15, 0.2) is 18.2 Å². The van der Waals surface area contributed by atoms with Crippen molar-refractivity contribution >= 4 is 24.8 Å². The SMILES string of the molecule is CC(C)(C)[N-]C(C)(C)C.Cl.Cl.[C-]1=CC=CC1.[CH3-].[CH3-].[CH3-].[CH3-].[CH3-].[Ti]. The molecular weight excluding hydrogens is 349 g/mol. The summed E-state index contributed by atoms with van der Waals surface area (Å²) in [7, 11) is 0. The van der Waals surface area contributed by atoms with Gasteiger partial charge in [-0.2, -0.15) is 6.08 Å². The van der Waals surface area contributed by atoms with Gasteiger partial charge in [-0.3, -0.25) is 6.08 Å². The molecule has 1 nitrogen and oxygen atoms in total. The predicted molar refractivity (Wildman–Crippen MR) is 111 cm³/mol. The van der Waals surface area contributed by atoms with Gasteiger partial charge in [0.2, 0.25) is 0 Å². The topological polar surface area (TPSA) is 14.1 Å². The van der Waals surface area contributed by atoms with Gasteiger partial charge < -0.3 is 42.5 Å². The van der Waals surface area contributed by atoms with Gasteiger partial charge in [-0.1, -0.05) is 41.5 Å². The molecule has 0 saturated heterocycles. The second kappa shape index (κ2) is 26.6. The number of rotatable bonds is 0. The van der Waals surface area contributed by atoms with E-state index < -0.39 is 0 Å². The molecular formula is C18H40Cl2NTi-7. The van der Waals surface area contributed by atoms with Crippen molar-refractivity contribution in [2.24, 2.45) is 0 Å². The van der Waals surface area contributed by atoms with E-state index in [1.807, 2.05) is 12.2 Å². The third-order valence-electron chi connectivity index (χ3n) is 1.26. The molecule has 0 N–H and O–H groups in total. The van der Waals surface area contributed by atoms with Crippen LogP contribution in [0.3, 0.4) is 0 Å². The van der Waals surface area contributed by atoms with Crippen LogP contribution in [-0.4, -0.2) is 11.1 Å². The minimum atomic E-state index is 0. The van der Waals surface area contributed by atoms with E-state index in [1.54, 1.807) is 0 Å². The fourth-order valence-corrected chi connectivity index (χ4v) is 1.35. The third kappa shape index (κ3) is 58.6. The zero-order valence-electron chi connectivity index (χ0n) is 16.7. The Morgan fingerprint density at radius 1 is 0.773 bits per heavy atom.